The van der Waals surface area contributed by atoms with Crippen molar-refractivity contribution in [3.05, 3.63) is 82.5 Å². The van der Waals surface area contributed by atoms with Crippen LogP contribution in [-0.2, 0) is 0 Å². The first-order chi connectivity index (χ1) is 12.0. The standard InChI is InChI=1S/C20H18ClN3O/c1-13-6-5-7-14(2)19(13)24-18-11-10-15(12-22-18)23-20(25)16-8-3-4-9-17(16)21/h3-12H,1-2H3,(H,22,24)(H,23,25). The van der Waals surface area contributed by atoms with Crippen LogP contribution in [-0.4, -0.2) is 10.9 Å². The van der Waals surface area contributed by atoms with E-state index in [4.69, 9.17) is 11.6 Å². The first-order valence-electron chi connectivity index (χ1n) is 7.90. The molecule has 0 saturated carbocycles. The largest absolute Gasteiger partial charge is 0.340 e. The van der Waals surface area contributed by atoms with Gasteiger partial charge in [-0.25, -0.2) is 4.98 Å². The van der Waals surface area contributed by atoms with Crippen LogP contribution < -0.4 is 10.6 Å². The maximum atomic E-state index is 12.3. The summed E-state index contributed by atoms with van der Waals surface area (Å²) < 4.78 is 0. The Balaban J connectivity index is 1.72. The van der Waals surface area contributed by atoms with Crippen LogP contribution in [0.1, 0.15) is 21.5 Å². The third-order valence-electron chi connectivity index (χ3n) is 3.87. The Labute approximate surface area is 151 Å². The molecule has 126 valence electrons. The van der Waals surface area contributed by atoms with E-state index in [1.807, 2.05) is 38.1 Å². The quantitative estimate of drug-likeness (QED) is 0.666. The SMILES string of the molecule is Cc1cccc(C)c1Nc1ccc(NC(=O)c2ccccc2Cl)cn1. The minimum Gasteiger partial charge on any atom is -0.340 e. The fourth-order valence-corrected chi connectivity index (χ4v) is 2.75. The highest BCUT2D eigenvalue weighted by molar-refractivity contribution is 6.34. The zero-order chi connectivity index (χ0) is 17.8. The molecule has 1 heterocycles. The monoisotopic (exact) mass is 351 g/mol. The summed E-state index contributed by atoms with van der Waals surface area (Å²) in [4.78, 5) is 16.6. The Bertz CT molecular complexity index is 887. The molecule has 3 aromatic rings. The number of amides is 1. The van der Waals surface area contributed by atoms with Gasteiger partial charge in [0.05, 0.1) is 22.5 Å². The summed E-state index contributed by atoms with van der Waals surface area (Å²) >= 11 is 6.04. The minimum atomic E-state index is -0.261. The molecule has 0 bridgehead atoms. The summed E-state index contributed by atoms with van der Waals surface area (Å²) in [5, 5.41) is 6.53. The van der Waals surface area contributed by atoms with Crippen molar-refractivity contribution in [1.82, 2.24) is 4.98 Å². The van der Waals surface area contributed by atoms with Gasteiger partial charge in [0.25, 0.3) is 5.91 Å². The molecule has 5 heteroatoms. The van der Waals surface area contributed by atoms with Crippen LogP contribution in [0.2, 0.25) is 5.02 Å². The predicted molar refractivity (Wildman–Crippen MR) is 103 cm³/mol. The van der Waals surface area contributed by atoms with Crippen molar-refractivity contribution in [2.24, 2.45) is 0 Å². The lowest BCUT2D eigenvalue weighted by Gasteiger charge is -2.12. The molecule has 0 unspecified atom stereocenters. The molecule has 1 aromatic heterocycles. The molecular formula is C20H18ClN3O. The lowest BCUT2D eigenvalue weighted by Crippen LogP contribution is -2.12. The van der Waals surface area contributed by atoms with E-state index in [9.17, 15) is 4.79 Å². The Morgan fingerprint density at radius 3 is 2.32 bits per heavy atom. The van der Waals surface area contributed by atoms with Crippen molar-refractivity contribution in [3.63, 3.8) is 0 Å². The van der Waals surface area contributed by atoms with E-state index in [0.29, 0.717) is 22.1 Å². The summed E-state index contributed by atoms with van der Waals surface area (Å²) in [6.45, 7) is 4.10. The van der Waals surface area contributed by atoms with Gasteiger partial charge in [0.15, 0.2) is 0 Å². The van der Waals surface area contributed by atoms with Crippen molar-refractivity contribution >= 4 is 34.7 Å². The number of aryl methyl sites for hydroxylation is 2. The average molecular weight is 352 g/mol. The van der Waals surface area contributed by atoms with Crippen molar-refractivity contribution in [2.75, 3.05) is 10.6 Å². The van der Waals surface area contributed by atoms with Crippen molar-refractivity contribution in [1.29, 1.82) is 0 Å². The first kappa shape index (κ1) is 17.0. The zero-order valence-corrected chi connectivity index (χ0v) is 14.8. The molecular weight excluding hydrogens is 334 g/mol. The highest BCUT2D eigenvalue weighted by Gasteiger charge is 2.10. The van der Waals surface area contributed by atoms with Crippen molar-refractivity contribution in [3.8, 4) is 0 Å². The van der Waals surface area contributed by atoms with Gasteiger partial charge in [0.2, 0.25) is 0 Å². The molecule has 3 rings (SSSR count). The lowest BCUT2D eigenvalue weighted by molar-refractivity contribution is 0.102. The smallest absolute Gasteiger partial charge is 0.257 e. The first-order valence-corrected chi connectivity index (χ1v) is 8.27. The number of carbonyl (C=O) groups is 1. The Morgan fingerprint density at radius 2 is 1.68 bits per heavy atom. The zero-order valence-electron chi connectivity index (χ0n) is 14.0. The van der Waals surface area contributed by atoms with Crippen LogP contribution >= 0.6 is 11.6 Å². The van der Waals surface area contributed by atoms with Gasteiger partial charge in [-0.05, 0) is 49.2 Å². The van der Waals surface area contributed by atoms with E-state index in [-0.39, 0.29) is 5.91 Å². The predicted octanol–water partition coefficient (Wildman–Crippen LogP) is 5.35. The molecule has 25 heavy (non-hydrogen) atoms. The summed E-state index contributed by atoms with van der Waals surface area (Å²) in [5.41, 5.74) is 4.39. The number of aromatic nitrogens is 1. The van der Waals surface area contributed by atoms with E-state index in [2.05, 4.69) is 15.6 Å². The van der Waals surface area contributed by atoms with E-state index < -0.39 is 0 Å². The van der Waals surface area contributed by atoms with Gasteiger partial charge in [-0.3, -0.25) is 4.79 Å². The van der Waals surface area contributed by atoms with Crippen LogP contribution in [0.3, 0.4) is 0 Å². The molecule has 2 N–H and O–H groups in total. The van der Waals surface area contributed by atoms with E-state index in [1.54, 1.807) is 36.5 Å². The number of anilines is 3. The van der Waals surface area contributed by atoms with Gasteiger partial charge < -0.3 is 10.6 Å². The Kier molecular flexibility index (Phi) is 5.00. The highest BCUT2D eigenvalue weighted by Crippen LogP contribution is 2.24. The van der Waals surface area contributed by atoms with E-state index in [1.165, 1.54) is 0 Å². The van der Waals surface area contributed by atoms with Gasteiger partial charge in [0, 0.05) is 5.69 Å². The van der Waals surface area contributed by atoms with Crippen LogP contribution in [0.4, 0.5) is 17.2 Å². The molecule has 0 fully saturated rings. The second-order valence-corrected chi connectivity index (χ2v) is 6.17. The summed E-state index contributed by atoms with van der Waals surface area (Å²) in [5.74, 6) is 0.455. The number of halogens is 1. The Hall–Kier alpha value is -2.85. The third-order valence-corrected chi connectivity index (χ3v) is 4.20. The molecule has 0 aliphatic heterocycles. The van der Waals surface area contributed by atoms with E-state index in [0.717, 1.165) is 16.8 Å². The number of benzene rings is 2. The van der Waals surface area contributed by atoms with Crippen LogP contribution in [0.5, 0.6) is 0 Å². The number of rotatable bonds is 4. The number of hydrogen-bond donors (Lipinski definition) is 2. The fraction of sp³-hybridized carbons (Fsp3) is 0.100. The number of hydrogen-bond acceptors (Lipinski definition) is 3. The fourth-order valence-electron chi connectivity index (χ4n) is 2.53. The van der Waals surface area contributed by atoms with Gasteiger partial charge in [-0.15, -0.1) is 0 Å². The molecule has 2 aromatic carbocycles. The maximum absolute atomic E-state index is 12.3. The van der Waals surface area contributed by atoms with Crippen LogP contribution in [0.15, 0.2) is 60.8 Å². The number of nitrogens with one attached hydrogen (secondary N) is 2. The summed E-state index contributed by atoms with van der Waals surface area (Å²) in [7, 11) is 0. The molecule has 0 atom stereocenters. The van der Waals surface area contributed by atoms with E-state index >= 15 is 0 Å². The maximum Gasteiger partial charge on any atom is 0.257 e. The normalized spacial score (nSPS) is 10.4. The number of nitrogens with zero attached hydrogens (tertiary/aromatic N) is 1. The summed E-state index contributed by atoms with van der Waals surface area (Å²) in [6.07, 6.45) is 1.62. The van der Waals surface area contributed by atoms with Gasteiger partial charge in [-0.1, -0.05) is 41.9 Å². The molecule has 0 saturated heterocycles. The third kappa shape index (κ3) is 3.98. The number of pyridine rings is 1. The Morgan fingerprint density at radius 1 is 0.960 bits per heavy atom. The van der Waals surface area contributed by atoms with Crippen molar-refractivity contribution in [2.45, 2.75) is 13.8 Å². The molecule has 0 radical (unpaired) electrons. The molecule has 4 nitrogen and oxygen atoms in total. The lowest BCUT2D eigenvalue weighted by atomic mass is 10.1. The second kappa shape index (κ2) is 7.36. The molecule has 0 aliphatic carbocycles. The van der Waals surface area contributed by atoms with Gasteiger partial charge in [-0.2, -0.15) is 0 Å². The topological polar surface area (TPSA) is 54.0 Å². The number of carbonyl (C=O) groups excluding carboxylic acids is 1. The van der Waals surface area contributed by atoms with Crippen LogP contribution in [0.25, 0.3) is 0 Å². The van der Waals surface area contributed by atoms with Gasteiger partial charge in [0.1, 0.15) is 5.82 Å². The minimum absolute atomic E-state index is 0.261. The average Bonchev–Trinajstić information content (AvgIpc) is 2.60. The molecule has 0 aliphatic rings. The summed E-state index contributed by atoms with van der Waals surface area (Å²) in [6, 6.07) is 16.7. The number of para-hydroxylation sites is 1. The molecule has 1 amide bonds. The van der Waals surface area contributed by atoms with Gasteiger partial charge >= 0.3 is 0 Å². The highest BCUT2D eigenvalue weighted by atomic mass is 35.5. The van der Waals surface area contributed by atoms with Crippen molar-refractivity contribution < 1.29 is 4.79 Å². The van der Waals surface area contributed by atoms with Crippen LogP contribution in [0, 0.1) is 13.8 Å². The second-order valence-electron chi connectivity index (χ2n) is 5.76. The molecule has 0 spiro atoms.